The van der Waals surface area contributed by atoms with Crippen LogP contribution in [0.25, 0.3) is 4.85 Å². The van der Waals surface area contributed by atoms with Crippen molar-refractivity contribution in [3.63, 3.8) is 0 Å². The summed E-state index contributed by atoms with van der Waals surface area (Å²) >= 11 is 0. The van der Waals surface area contributed by atoms with Gasteiger partial charge in [0, 0.05) is 73.3 Å². The summed E-state index contributed by atoms with van der Waals surface area (Å²) in [6, 6.07) is 34.7. The Morgan fingerprint density at radius 2 is 0.901 bits per heavy atom. The predicted molar refractivity (Wildman–Crippen MR) is 303 cm³/mol. The second-order valence-corrected chi connectivity index (χ2v) is 17.3. The third-order valence-electron chi connectivity index (χ3n) is 10.8. The summed E-state index contributed by atoms with van der Waals surface area (Å²) in [6.45, 7) is 18.3. The number of benzene rings is 4. The fraction of sp³-hybridized carbons (Fsp3) is 0.296. The molecule has 4 aromatic rings. The van der Waals surface area contributed by atoms with Crippen LogP contribution in [-0.2, 0) is 28.7 Å². The van der Waals surface area contributed by atoms with Crippen LogP contribution in [0.2, 0.25) is 0 Å². The molecule has 4 atom stereocenters. The minimum Gasteiger partial charge on any atom is -0.466 e. The molecule has 416 valence electrons. The van der Waals surface area contributed by atoms with E-state index in [2.05, 4.69) is 62.2 Å². The SMILES string of the molecule is CC1CC(=O)NN=C1c1ccc(N)cc1.CCOC(C)=O.C[C@@H]1CC(=O)NN=C1c1ccc(N)cc1.C[C@@H]1CC(=O)NN=C1c1ccc(N)cc1.N#CCC#N.O=N[O-].[C-]#[N+]/C(C#N)=N/Nc1ccc(C2=NNC(=O)C[C@H]2C)cc1.[Na+]. The maximum Gasteiger partial charge on any atom is 1.00 e. The van der Waals surface area contributed by atoms with Crippen molar-refractivity contribution in [2.24, 2.45) is 54.5 Å². The first-order valence-corrected chi connectivity index (χ1v) is 24.3. The van der Waals surface area contributed by atoms with E-state index in [-0.39, 0.29) is 95.1 Å². The van der Waals surface area contributed by atoms with Crippen LogP contribution >= 0.6 is 0 Å². The van der Waals surface area contributed by atoms with Gasteiger partial charge in [0.2, 0.25) is 23.6 Å². The summed E-state index contributed by atoms with van der Waals surface area (Å²) in [6.07, 6.45) is 1.88. The molecule has 4 heterocycles. The molecule has 0 radical (unpaired) electrons. The average Bonchev–Trinajstić information content (AvgIpc) is 3.45. The molecular weight excluding hydrogens is 1050 g/mol. The van der Waals surface area contributed by atoms with Gasteiger partial charge in [-0.2, -0.15) is 30.9 Å². The molecule has 0 aromatic heterocycles. The molecule has 81 heavy (non-hydrogen) atoms. The first-order chi connectivity index (χ1) is 38.2. The van der Waals surface area contributed by atoms with Crippen LogP contribution in [0.3, 0.4) is 0 Å². The Balaban J connectivity index is 0.000000502. The van der Waals surface area contributed by atoms with E-state index in [9.17, 15) is 24.0 Å². The molecule has 0 saturated carbocycles. The second kappa shape index (κ2) is 37.8. The van der Waals surface area contributed by atoms with Crippen molar-refractivity contribution in [3.05, 3.63) is 141 Å². The molecule has 8 rings (SSSR count). The van der Waals surface area contributed by atoms with Crippen molar-refractivity contribution in [2.45, 2.75) is 73.6 Å². The Labute approximate surface area is 490 Å². The molecule has 0 fully saturated rings. The molecule has 4 aromatic carbocycles. The van der Waals surface area contributed by atoms with Crippen molar-refractivity contribution in [3.8, 4) is 18.2 Å². The van der Waals surface area contributed by atoms with Crippen LogP contribution in [-0.4, -0.2) is 64.9 Å². The van der Waals surface area contributed by atoms with Crippen LogP contribution in [0.4, 0.5) is 22.7 Å². The molecule has 4 aliphatic heterocycles. The normalized spacial score (nSPS) is 17.2. The number of hydrogen-bond donors (Lipinski definition) is 8. The summed E-state index contributed by atoms with van der Waals surface area (Å²) in [5.74, 6) is -0.105. The minimum atomic E-state index is -0.257. The molecule has 0 spiro atoms. The van der Waals surface area contributed by atoms with Crippen molar-refractivity contribution < 1.29 is 58.3 Å². The molecule has 0 aliphatic carbocycles. The molecular formula is C54H61N18NaO8. The van der Waals surface area contributed by atoms with Gasteiger partial charge in [0.15, 0.2) is 0 Å². The number of hydrazone groups is 5. The number of carbonyl (C=O) groups is 5. The summed E-state index contributed by atoms with van der Waals surface area (Å²) in [5.41, 5.74) is 39.7. The van der Waals surface area contributed by atoms with Crippen molar-refractivity contribution >= 4 is 81.0 Å². The van der Waals surface area contributed by atoms with E-state index < -0.39 is 0 Å². The molecule has 27 heteroatoms. The Morgan fingerprint density at radius 1 is 0.630 bits per heavy atom. The number of esters is 1. The quantitative estimate of drug-likeness (QED) is 0.0192. The van der Waals surface area contributed by atoms with Crippen LogP contribution < -0.4 is 73.9 Å². The van der Waals surface area contributed by atoms with E-state index in [1.807, 2.05) is 113 Å². The minimum absolute atomic E-state index is 0. The standard InChI is InChI=1S/C14H12N6O.3C11H13N3O.C4H8O2.C3H2N2.HNO2.Na/c1-9-7-13(21)19-20-14(9)10-3-5-11(6-4-10)17-18-12(8-15)16-2;3*1-7-6-10(15)13-14-11(7)8-2-4-9(12)5-3-8;1-3-6-4(2)5;4-2-1-3-5;2-1-3;/h3-6,9,17H,7H2,1H3,(H,19,21);3*2-5,7H,6,12H2,1H3,(H,13,15);3H2,1-2H3;1H2;(H,2,3);/q;;;;;;;+1/p-1/b18-12+;;;;;;;/t9-;2*7-;;;;;/m111...../s1. The van der Waals surface area contributed by atoms with Gasteiger partial charge in [-0.15, -0.1) is 5.34 Å². The number of nitrogens with two attached hydrogens (primary N) is 3. The van der Waals surface area contributed by atoms with Crippen molar-refractivity contribution in [1.29, 1.82) is 15.8 Å². The summed E-state index contributed by atoms with van der Waals surface area (Å²) in [7, 11) is 0. The van der Waals surface area contributed by atoms with E-state index >= 15 is 0 Å². The Hall–Kier alpha value is -9.86. The van der Waals surface area contributed by atoms with Crippen LogP contribution in [0, 0.1) is 74.4 Å². The zero-order valence-corrected chi connectivity index (χ0v) is 47.8. The number of amidine groups is 1. The van der Waals surface area contributed by atoms with Gasteiger partial charge in [-0.1, -0.05) is 82.8 Å². The number of nitrogens with one attached hydrogen (secondary N) is 5. The van der Waals surface area contributed by atoms with E-state index in [1.54, 1.807) is 37.3 Å². The number of carbonyl (C=O) groups excluding carboxylic acids is 5. The number of amides is 4. The van der Waals surface area contributed by atoms with Crippen LogP contribution in [0.1, 0.15) is 95.9 Å². The molecule has 4 amide bonds. The monoisotopic (exact) mass is 1110 g/mol. The topological polar surface area (TPSA) is 423 Å². The van der Waals surface area contributed by atoms with E-state index in [0.29, 0.717) is 38.0 Å². The third kappa shape index (κ3) is 25.9. The second-order valence-electron chi connectivity index (χ2n) is 17.3. The Bertz CT molecular complexity index is 2860. The fourth-order valence-electron chi connectivity index (χ4n) is 7.12. The Morgan fingerprint density at radius 3 is 1.09 bits per heavy atom. The number of anilines is 4. The van der Waals surface area contributed by atoms with Crippen molar-refractivity contribution in [1.82, 2.24) is 21.7 Å². The van der Waals surface area contributed by atoms with Gasteiger partial charge < -0.3 is 36.9 Å². The predicted octanol–water partition coefficient (Wildman–Crippen LogP) is 3.35. The van der Waals surface area contributed by atoms with Crippen molar-refractivity contribution in [2.75, 3.05) is 29.2 Å². The van der Waals surface area contributed by atoms with Gasteiger partial charge in [0.1, 0.15) is 12.5 Å². The van der Waals surface area contributed by atoms with E-state index in [0.717, 1.165) is 67.5 Å². The first kappa shape index (κ1) is 69.2. The maximum atomic E-state index is 11.2. The molecule has 0 bridgehead atoms. The largest absolute Gasteiger partial charge is 1.00 e. The van der Waals surface area contributed by atoms with E-state index in [1.165, 1.54) is 6.92 Å². The molecule has 11 N–H and O–H groups in total. The van der Waals surface area contributed by atoms with Crippen LogP contribution in [0.5, 0.6) is 0 Å². The fourth-order valence-corrected chi connectivity index (χ4v) is 7.12. The number of nitrogens with zero attached hydrogens (tertiary/aromatic N) is 10. The maximum absolute atomic E-state index is 11.2. The smallest absolute Gasteiger partial charge is 0.466 e. The zero-order chi connectivity index (χ0) is 59.6. The van der Waals surface area contributed by atoms with Gasteiger partial charge in [0.25, 0.3) is 0 Å². The first-order valence-electron chi connectivity index (χ1n) is 24.3. The number of nitrogen functional groups attached to an aromatic ring is 3. The summed E-state index contributed by atoms with van der Waals surface area (Å²) in [4.78, 5) is 65.2. The van der Waals surface area contributed by atoms with Gasteiger partial charge in [0.05, 0.1) is 47.3 Å². The van der Waals surface area contributed by atoms with Crippen LogP contribution in [0.15, 0.2) is 128 Å². The molecule has 0 saturated heterocycles. The third-order valence-corrected chi connectivity index (χ3v) is 10.8. The zero-order valence-electron chi connectivity index (χ0n) is 45.8. The number of nitriles is 3. The Kier molecular flexibility index (Phi) is 32.3. The van der Waals surface area contributed by atoms with Gasteiger partial charge in [-0.05, 0) is 82.8 Å². The average molecular weight is 1110 g/mol. The van der Waals surface area contributed by atoms with Gasteiger partial charge >= 0.3 is 41.4 Å². The van der Waals surface area contributed by atoms with Gasteiger partial charge in [-0.3, -0.25) is 24.0 Å². The molecule has 4 aliphatic rings. The van der Waals surface area contributed by atoms with Gasteiger partial charge in [-0.25, -0.2) is 32.4 Å². The number of hydrogen-bond acceptors (Lipinski definition) is 21. The number of rotatable bonds is 7. The summed E-state index contributed by atoms with van der Waals surface area (Å²) in [5, 5.41) is 52.7. The van der Waals surface area contributed by atoms with E-state index in [4.69, 9.17) is 49.7 Å². The number of ether oxygens (including phenoxy) is 1. The molecule has 26 nitrogen and oxygen atoms in total. The molecule has 1 unspecified atom stereocenters. The summed E-state index contributed by atoms with van der Waals surface area (Å²) < 4.78 is 4.40.